The first-order valence-corrected chi connectivity index (χ1v) is 13.5. The average Bonchev–Trinajstić information content (AvgIpc) is 3.39. The molecule has 0 unspecified atom stereocenters. The van der Waals surface area contributed by atoms with Gasteiger partial charge in [-0.25, -0.2) is 9.97 Å². The summed E-state index contributed by atoms with van der Waals surface area (Å²) in [6.45, 7) is 3.03. The fourth-order valence-corrected chi connectivity index (χ4v) is 6.26. The van der Waals surface area contributed by atoms with Crippen LogP contribution in [0.25, 0.3) is 76.9 Å². The van der Waals surface area contributed by atoms with Crippen molar-refractivity contribution >= 4 is 54.3 Å². The predicted molar refractivity (Wildman–Crippen MR) is 164 cm³/mol. The van der Waals surface area contributed by atoms with Crippen molar-refractivity contribution in [1.82, 2.24) is 14.5 Å². The monoisotopic (exact) mass is 499 g/mol. The summed E-state index contributed by atoms with van der Waals surface area (Å²) >= 11 is 0. The number of benzene rings is 6. The second-order valence-corrected chi connectivity index (χ2v) is 10.1. The van der Waals surface area contributed by atoms with Crippen LogP contribution in [0.4, 0.5) is 0 Å². The van der Waals surface area contributed by atoms with Gasteiger partial charge in [-0.2, -0.15) is 0 Å². The Morgan fingerprint density at radius 1 is 0.513 bits per heavy atom. The van der Waals surface area contributed by atoms with Gasteiger partial charge >= 0.3 is 0 Å². The van der Waals surface area contributed by atoms with Crippen LogP contribution in [0.15, 0.2) is 121 Å². The molecule has 8 rings (SSSR count). The van der Waals surface area contributed by atoms with E-state index in [1.807, 2.05) is 0 Å². The van der Waals surface area contributed by atoms with Crippen LogP contribution in [-0.4, -0.2) is 14.5 Å². The number of hydrogen-bond acceptors (Lipinski definition) is 2. The quantitative estimate of drug-likeness (QED) is 0.227. The summed E-state index contributed by atoms with van der Waals surface area (Å²) in [4.78, 5) is 10.4. The lowest BCUT2D eigenvalue weighted by Crippen LogP contribution is -1.98. The molecule has 0 N–H and O–H groups in total. The molecule has 0 saturated carbocycles. The summed E-state index contributed by atoms with van der Waals surface area (Å²) in [7, 11) is 0. The Kier molecular flexibility index (Phi) is 4.80. The third-order valence-corrected chi connectivity index (χ3v) is 7.94. The lowest BCUT2D eigenvalue weighted by atomic mass is 9.90. The van der Waals surface area contributed by atoms with E-state index in [0.717, 1.165) is 45.7 Å². The average molecular weight is 500 g/mol. The summed E-state index contributed by atoms with van der Waals surface area (Å²) in [6, 6.07) is 43.1. The molecule has 0 saturated heterocycles. The highest BCUT2D eigenvalue weighted by Crippen LogP contribution is 2.43. The highest BCUT2D eigenvalue weighted by atomic mass is 15.1. The molecule has 0 bridgehead atoms. The van der Waals surface area contributed by atoms with E-state index in [1.54, 1.807) is 0 Å². The smallest absolute Gasteiger partial charge is 0.141 e. The summed E-state index contributed by atoms with van der Waals surface area (Å²) < 4.78 is 2.29. The first-order valence-electron chi connectivity index (χ1n) is 13.5. The summed E-state index contributed by atoms with van der Waals surface area (Å²) in [5.74, 6) is 0.987. The van der Waals surface area contributed by atoms with Crippen molar-refractivity contribution < 1.29 is 0 Å². The first-order chi connectivity index (χ1) is 19.3. The molecule has 0 aliphatic carbocycles. The zero-order valence-electron chi connectivity index (χ0n) is 21.6. The number of aryl methyl sites for hydroxylation is 1. The van der Waals surface area contributed by atoms with Crippen LogP contribution in [0.2, 0.25) is 0 Å². The minimum Gasteiger partial charge on any atom is -0.324 e. The molecule has 0 fully saturated rings. The van der Waals surface area contributed by atoms with Gasteiger partial charge in [0.2, 0.25) is 0 Å². The van der Waals surface area contributed by atoms with E-state index >= 15 is 0 Å². The van der Waals surface area contributed by atoms with Crippen molar-refractivity contribution in [3.63, 3.8) is 0 Å². The minimum absolute atomic E-state index is 0.855. The molecule has 3 heteroatoms. The van der Waals surface area contributed by atoms with E-state index in [9.17, 15) is 0 Å². The minimum atomic E-state index is 0.855. The number of nitrogens with zero attached hydrogens (tertiary/aromatic N) is 3. The predicted octanol–water partition coefficient (Wildman–Crippen LogP) is 9.40. The van der Waals surface area contributed by atoms with Crippen LogP contribution in [0, 0.1) is 0 Å². The molecule has 6 aromatic carbocycles. The van der Waals surface area contributed by atoms with Crippen LogP contribution in [-0.2, 0) is 6.54 Å². The molecule has 184 valence electrons. The summed E-state index contributed by atoms with van der Waals surface area (Å²) in [5, 5.41) is 8.65. The van der Waals surface area contributed by atoms with Gasteiger partial charge in [0.25, 0.3) is 0 Å². The van der Waals surface area contributed by atoms with Crippen molar-refractivity contribution in [3.05, 3.63) is 121 Å². The number of rotatable bonds is 3. The maximum absolute atomic E-state index is 5.32. The standard InChI is InChI=1S/C36H25N3/c1-2-39-32-21-10-9-20-31(32)38-36(39)24-13-11-12-23(22-24)35-34-28-17-6-4-15-26(28)25-14-3-5-16-27(25)33(34)29-18-7-8-19-30(29)37-35/h3-22H,2H2,1H3. The van der Waals surface area contributed by atoms with Gasteiger partial charge in [-0.1, -0.05) is 97.1 Å². The van der Waals surface area contributed by atoms with E-state index in [0.29, 0.717) is 0 Å². The number of para-hydroxylation sites is 3. The van der Waals surface area contributed by atoms with Crippen molar-refractivity contribution in [3.8, 4) is 22.6 Å². The lowest BCUT2D eigenvalue weighted by Gasteiger charge is -2.16. The summed E-state index contributed by atoms with van der Waals surface area (Å²) in [5.41, 5.74) is 6.38. The molecule has 0 spiro atoms. The Hall–Kier alpha value is -5.02. The van der Waals surface area contributed by atoms with E-state index < -0.39 is 0 Å². The molecule has 0 aliphatic rings. The van der Waals surface area contributed by atoms with Crippen molar-refractivity contribution in [2.45, 2.75) is 13.5 Å². The summed E-state index contributed by atoms with van der Waals surface area (Å²) in [6.07, 6.45) is 0. The van der Waals surface area contributed by atoms with Crippen molar-refractivity contribution in [2.75, 3.05) is 0 Å². The second kappa shape index (κ2) is 8.50. The van der Waals surface area contributed by atoms with Gasteiger partial charge in [-0.05, 0) is 52.7 Å². The van der Waals surface area contributed by atoms with Crippen LogP contribution >= 0.6 is 0 Å². The molecule has 0 atom stereocenters. The topological polar surface area (TPSA) is 30.7 Å². The molecule has 3 nitrogen and oxygen atoms in total. The SMILES string of the molecule is CCn1c(-c2cccc(-c3nc4ccccc4c4c5ccccc5c5ccccc5c34)c2)nc2ccccc21. The molecule has 0 radical (unpaired) electrons. The molecule has 0 amide bonds. The Bertz CT molecular complexity index is 2220. The van der Waals surface area contributed by atoms with E-state index in [2.05, 4.69) is 133 Å². The lowest BCUT2D eigenvalue weighted by molar-refractivity contribution is 0.796. The van der Waals surface area contributed by atoms with Gasteiger partial charge in [-0.15, -0.1) is 0 Å². The highest BCUT2D eigenvalue weighted by Gasteiger charge is 2.18. The Morgan fingerprint density at radius 3 is 1.85 bits per heavy atom. The zero-order chi connectivity index (χ0) is 25.9. The number of pyridine rings is 1. The molecule has 2 heterocycles. The largest absolute Gasteiger partial charge is 0.324 e. The molecule has 0 aliphatic heterocycles. The van der Waals surface area contributed by atoms with E-state index in [-0.39, 0.29) is 0 Å². The molecular formula is C36H25N3. The second-order valence-electron chi connectivity index (χ2n) is 10.1. The first kappa shape index (κ1) is 22.0. The Balaban J connectivity index is 1.50. The van der Waals surface area contributed by atoms with Gasteiger partial charge < -0.3 is 4.57 Å². The van der Waals surface area contributed by atoms with Crippen molar-refractivity contribution in [2.24, 2.45) is 0 Å². The zero-order valence-corrected chi connectivity index (χ0v) is 21.6. The van der Waals surface area contributed by atoms with E-state index in [4.69, 9.17) is 9.97 Å². The van der Waals surface area contributed by atoms with Crippen LogP contribution in [0.5, 0.6) is 0 Å². The number of fused-ring (bicyclic) bond motifs is 9. The fourth-order valence-electron chi connectivity index (χ4n) is 6.26. The molecule has 39 heavy (non-hydrogen) atoms. The van der Waals surface area contributed by atoms with Gasteiger partial charge in [0.1, 0.15) is 5.82 Å². The Labute approximate surface area is 226 Å². The third-order valence-electron chi connectivity index (χ3n) is 7.94. The van der Waals surface area contributed by atoms with Crippen molar-refractivity contribution in [1.29, 1.82) is 0 Å². The normalized spacial score (nSPS) is 11.8. The maximum atomic E-state index is 5.32. The molecule has 2 aromatic heterocycles. The Morgan fingerprint density at radius 2 is 1.10 bits per heavy atom. The number of aromatic nitrogens is 3. The molecular weight excluding hydrogens is 474 g/mol. The fraction of sp³-hybridized carbons (Fsp3) is 0.0556. The third kappa shape index (κ3) is 3.23. The molecule has 8 aromatic rings. The van der Waals surface area contributed by atoms with Crippen LogP contribution < -0.4 is 0 Å². The van der Waals surface area contributed by atoms with Crippen LogP contribution in [0.1, 0.15) is 6.92 Å². The van der Waals surface area contributed by atoms with Gasteiger partial charge in [-0.3, -0.25) is 0 Å². The van der Waals surface area contributed by atoms with E-state index in [1.165, 1.54) is 37.7 Å². The number of hydrogen-bond donors (Lipinski definition) is 0. The highest BCUT2D eigenvalue weighted by molar-refractivity contribution is 6.33. The van der Waals surface area contributed by atoms with Gasteiger partial charge in [0.05, 0.1) is 22.2 Å². The van der Waals surface area contributed by atoms with Gasteiger partial charge in [0, 0.05) is 33.8 Å². The van der Waals surface area contributed by atoms with Crippen LogP contribution in [0.3, 0.4) is 0 Å². The van der Waals surface area contributed by atoms with Gasteiger partial charge in [0.15, 0.2) is 0 Å². The maximum Gasteiger partial charge on any atom is 0.141 e. The number of imidazole rings is 1.